The minimum absolute atomic E-state index is 0.0417. The third-order valence-electron chi connectivity index (χ3n) is 6.72. The van der Waals surface area contributed by atoms with Crippen LogP contribution >= 0.6 is 0 Å². The van der Waals surface area contributed by atoms with Crippen LogP contribution in [-0.2, 0) is 16.0 Å². The van der Waals surface area contributed by atoms with E-state index in [1.54, 1.807) is 12.1 Å². The fourth-order valence-electron chi connectivity index (χ4n) is 4.81. The molecule has 0 aliphatic carbocycles. The molecule has 0 saturated carbocycles. The summed E-state index contributed by atoms with van der Waals surface area (Å²) in [5.74, 6) is -0.193. The molecule has 0 radical (unpaired) electrons. The Balaban J connectivity index is 1.70. The van der Waals surface area contributed by atoms with Crippen molar-refractivity contribution >= 4 is 23.1 Å². The van der Waals surface area contributed by atoms with Crippen LogP contribution in [0.25, 0.3) is 5.76 Å². The molecule has 5 rings (SSSR count). The van der Waals surface area contributed by atoms with E-state index in [1.807, 2.05) is 76.2 Å². The van der Waals surface area contributed by atoms with Gasteiger partial charge in [-0.25, -0.2) is 0 Å². The number of ether oxygens (including phenoxy) is 2. The highest BCUT2D eigenvalue weighted by Crippen LogP contribution is 2.43. The summed E-state index contributed by atoms with van der Waals surface area (Å²) in [6.45, 7) is 8.42. The minimum Gasteiger partial charge on any atom is -0.507 e. The number of benzene rings is 3. The van der Waals surface area contributed by atoms with Crippen molar-refractivity contribution in [3.05, 3.63) is 94.1 Å². The van der Waals surface area contributed by atoms with Gasteiger partial charge in [0, 0.05) is 17.7 Å². The molecular weight excluding hydrogens is 454 g/mol. The molecule has 1 unspecified atom stereocenters. The van der Waals surface area contributed by atoms with Gasteiger partial charge in [-0.3, -0.25) is 14.5 Å². The van der Waals surface area contributed by atoms with Crippen LogP contribution in [0.2, 0.25) is 0 Å². The highest BCUT2D eigenvalue weighted by Gasteiger charge is 2.47. The molecule has 3 aromatic rings. The Hall–Kier alpha value is -4.06. The largest absolute Gasteiger partial charge is 0.507 e. The van der Waals surface area contributed by atoms with Crippen LogP contribution in [0.5, 0.6) is 11.5 Å². The van der Waals surface area contributed by atoms with Crippen molar-refractivity contribution in [2.75, 3.05) is 11.5 Å². The number of anilines is 1. The first-order chi connectivity index (χ1) is 17.2. The smallest absolute Gasteiger partial charge is 0.300 e. The van der Waals surface area contributed by atoms with E-state index < -0.39 is 17.7 Å². The predicted octanol–water partition coefficient (Wildman–Crippen LogP) is 5.65. The summed E-state index contributed by atoms with van der Waals surface area (Å²) in [5, 5.41) is 11.5. The maximum atomic E-state index is 13.5. The lowest BCUT2D eigenvalue weighted by molar-refractivity contribution is -0.132. The molecule has 2 aliphatic heterocycles. The van der Waals surface area contributed by atoms with Crippen molar-refractivity contribution in [1.82, 2.24) is 0 Å². The molecule has 1 fully saturated rings. The Morgan fingerprint density at radius 2 is 1.83 bits per heavy atom. The zero-order chi connectivity index (χ0) is 25.6. The fourth-order valence-corrected chi connectivity index (χ4v) is 4.81. The molecule has 36 heavy (non-hydrogen) atoms. The van der Waals surface area contributed by atoms with Crippen LogP contribution in [-0.4, -0.2) is 29.5 Å². The zero-order valence-corrected chi connectivity index (χ0v) is 20.9. The number of aryl methyl sites for hydroxylation is 2. The van der Waals surface area contributed by atoms with Gasteiger partial charge < -0.3 is 14.6 Å². The van der Waals surface area contributed by atoms with E-state index in [2.05, 4.69) is 0 Å². The number of ketones is 1. The Morgan fingerprint density at radius 3 is 2.58 bits per heavy atom. The summed E-state index contributed by atoms with van der Waals surface area (Å²) in [7, 11) is 0. The van der Waals surface area contributed by atoms with E-state index in [0.717, 1.165) is 28.9 Å². The number of aliphatic hydroxyl groups excluding tert-OH is 1. The number of amides is 1. The number of aliphatic hydroxyl groups is 1. The van der Waals surface area contributed by atoms with E-state index in [9.17, 15) is 14.7 Å². The first kappa shape index (κ1) is 23.7. The molecule has 2 heterocycles. The summed E-state index contributed by atoms with van der Waals surface area (Å²) in [4.78, 5) is 28.4. The number of rotatable bonds is 5. The van der Waals surface area contributed by atoms with Crippen LogP contribution in [0.3, 0.4) is 0 Å². The maximum Gasteiger partial charge on any atom is 0.300 e. The molecule has 0 spiro atoms. The quantitative estimate of drug-likeness (QED) is 0.288. The molecular formula is C30H29NO5. The van der Waals surface area contributed by atoms with Crippen molar-refractivity contribution in [1.29, 1.82) is 0 Å². The number of nitrogens with zero attached hydrogens (tertiary/aromatic N) is 1. The lowest BCUT2D eigenvalue weighted by atomic mass is 9.94. The highest BCUT2D eigenvalue weighted by molar-refractivity contribution is 6.51. The van der Waals surface area contributed by atoms with Crippen LogP contribution < -0.4 is 14.4 Å². The SMILES string of the molecule is Cc1ccc(N2C(=O)C(=O)/C(=C(\O)c3ccc4c(c3)CCO4)C2c2cccc(OC(C)C)c2)cc1C. The van der Waals surface area contributed by atoms with E-state index in [1.165, 1.54) is 4.90 Å². The Labute approximate surface area is 210 Å². The zero-order valence-electron chi connectivity index (χ0n) is 20.9. The van der Waals surface area contributed by atoms with Gasteiger partial charge in [0.25, 0.3) is 11.7 Å². The first-order valence-corrected chi connectivity index (χ1v) is 12.2. The third kappa shape index (κ3) is 4.13. The van der Waals surface area contributed by atoms with Crippen LogP contribution in [0.15, 0.2) is 66.2 Å². The number of fused-ring (bicyclic) bond motifs is 1. The van der Waals surface area contributed by atoms with Crippen molar-refractivity contribution < 1.29 is 24.2 Å². The molecule has 2 aliphatic rings. The summed E-state index contributed by atoms with van der Waals surface area (Å²) in [5.41, 5.74) is 4.86. The Kier molecular flexibility index (Phi) is 6.04. The first-order valence-electron chi connectivity index (χ1n) is 12.2. The second-order valence-electron chi connectivity index (χ2n) is 9.60. The van der Waals surface area contributed by atoms with Gasteiger partial charge in [0.15, 0.2) is 0 Å². The molecule has 3 aromatic carbocycles. The van der Waals surface area contributed by atoms with Crippen molar-refractivity contribution in [3.63, 3.8) is 0 Å². The molecule has 0 bridgehead atoms. The topological polar surface area (TPSA) is 76.1 Å². The van der Waals surface area contributed by atoms with Crippen molar-refractivity contribution in [2.24, 2.45) is 0 Å². The highest BCUT2D eigenvalue weighted by atomic mass is 16.5. The van der Waals surface area contributed by atoms with Gasteiger partial charge in [-0.2, -0.15) is 0 Å². The molecule has 6 heteroatoms. The van der Waals surface area contributed by atoms with Crippen molar-refractivity contribution in [3.8, 4) is 11.5 Å². The van der Waals surface area contributed by atoms with Gasteiger partial charge in [-0.15, -0.1) is 0 Å². The summed E-state index contributed by atoms with van der Waals surface area (Å²) in [6.07, 6.45) is 0.686. The Bertz CT molecular complexity index is 1400. The molecule has 6 nitrogen and oxygen atoms in total. The monoisotopic (exact) mass is 483 g/mol. The average molecular weight is 484 g/mol. The maximum absolute atomic E-state index is 13.5. The van der Waals surface area contributed by atoms with Gasteiger partial charge >= 0.3 is 0 Å². The minimum atomic E-state index is -0.813. The van der Waals surface area contributed by atoms with Crippen LogP contribution in [0.4, 0.5) is 5.69 Å². The lowest BCUT2D eigenvalue weighted by Crippen LogP contribution is -2.29. The Morgan fingerprint density at radius 1 is 1.03 bits per heavy atom. The lowest BCUT2D eigenvalue weighted by Gasteiger charge is -2.26. The van der Waals surface area contributed by atoms with Crippen molar-refractivity contribution in [2.45, 2.75) is 46.3 Å². The van der Waals surface area contributed by atoms with Gasteiger partial charge in [0.05, 0.1) is 24.3 Å². The van der Waals surface area contributed by atoms with Gasteiger partial charge in [-0.05, 0) is 92.4 Å². The molecule has 184 valence electrons. The van der Waals surface area contributed by atoms with E-state index in [-0.39, 0.29) is 17.4 Å². The third-order valence-corrected chi connectivity index (χ3v) is 6.72. The number of carbonyl (C=O) groups excluding carboxylic acids is 2. The van der Waals surface area contributed by atoms with Crippen LogP contribution in [0, 0.1) is 13.8 Å². The standard InChI is InChI=1S/C30H29NO5/c1-17(2)36-24-7-5-6-21(16-24)27-26(28(32)22-9-11-25-20(15-22)12-13-35-25)29(33)30(34)31(27)23-10-8-18(3)19(4)14-23/h5-11,14-17,27,32H,12-13H2,1-4H3/b28-26-. The summed E-state index contributed by atoms with van der Waals surface area (Å²) in [6, 6.07) is 17.5. The number of hydrogen-bond acceptors (Lipinski definition) is 5. The predicted molar refractivity (Wildman–Crippen MR) is 139 cm³/mol. The average Bonchev–Trinajstić information content (AvgIpc) is 3.42. The number of hydrogen-bond donors (Lipinski definition) is 1. The summed E-state index contributed by atoms with van der Waals surface area (Å²) >= 11 is 0. The van der Waals surface area contributed by atoms with Gasteiger partial charge in [-0.1, -0.05) is 18.2 Å². The molecule has 0 aromatic heterocycles. The molecule has 1 amide bonds. The normalized spacial score (nSPS) is 18.5. The van der Waals surface area contributed by atoms with Gasteiger partial charge in [0.1, 0.15) is 17.3 Å². The molecule has 1 atom stereocenters. The number of Topliss-reactive ketones (excluding diaryl/α,β-unsaturated/α-hetero) is 1. The number of carbonyl (C=O) groups is 2. The van der Waals surface area contributed by atoms with E-state index in [0.29, 0.717) is 29.2 Å². The molecule has 1 N–H and O–H groups in total. The van der Waals surface area contributed by atoms with E-state index >= 15 is 0 Å². The summed E-state index contributed by atoms with van der Waals surface area (Å²) < 4.78 is 11.5. The molecule has 1 saturated heterocycles. The van der Waals surface area contributed by atoms with Crippen LogP contribution in [0.1, 0.15) is 47.7 Å². The second-order valence-corrected chi connectivity index (χ2v) is 9.60. The fraction of sp³-hybridized carbons (Fsp3) is 0.267. The van der Waals surface area contributed by atoms with E-state index in [4.69, 9.17) is 9.47 Å². The van der Waals surface area contributed by atoms with Gasteiger partial charge in [0.2, 0.25) is 0 Å². The second kappa shape index (κ2) is 9.19.